The number of halogens is 1. The van der Waals surface area contributed by atoms with Gasteiger partial charge in [0.1, 0.15) is 10.8 Å². The van der Waals surface area contributed by atoms with Crippen LogP contribution in [0.1, 0.15) is 6.92 Å². The highest BCUT2D eigenvalue weighted by molar-refractivity contribution is 9.10. The Bertz CT molecular complexity index is 466. The van der Waals surface area contributed by atoms with Gasteiger partial charge in [-0.2, -0.15) is 0 Å². The zero-order valence-corrected chi connectivity index (χ0v) is 10.1. The molecule has 1 aromatic carbocycles. The van der Waals surface area contributed by atoms with E-state index < -0.39 is 0 Å². The van der Waals surface area contributed by atoms with Gasteiger partial charge in [-0.15, -0.1) is 11.3 Å². The van der Waals surface area contributed by atoms with Gasteiger partial charge in [0, 0.05) is 4.70 Å². The first-order chi connectivity index (χ1) is 6.74. The van der Waals surface area contributed by atoms with Crippen molar-refractivity contribution in [1.29, 1.82) is 0 Å². The second-order valence-corrected chi connectivity index (χ2v) is 4.72. The molecule has 0 aliphatic heterocycles. The van der Waals surface area contributed by atoms with Gasteiger partial charge in [0.25, 0.3) is 0 Å². The van der Waals surface area contributed by atoms with Crippen molar-refractivity contribution in [3.05, 3.63) is 22.7 Å². The molecule has 0 saturated carbocycles. The number of nitrogen functional groups attached to an aromatic ring is 1. The molecule has 0 bridgehead atoms. The highest BCUT2D eigenvalue weighted by Crippen LogP contribution is 2.42. The summed E-state index contributed by atoms with van der Waals surface area (Å²) < 4.78 is 7.63. The Labute approximate surface area is 94.8 Å². The lowest BCUT2D eigenvalue weighted by molar-refractivity contribution is 0.344. The van der Waals surface area contributed by atoms with Crippen molar-refractivity contribution in [3.63, 3.8) is 0 Å². The molecular formula is C10H10BrNOS. The Morgan fingerprint density at radius 3 is 3.00 bits per heavy atom. The predicted molar refractivity (Wildman–Crippen MR) is 65.1 cm³/mol. The van der Waals surface area contributed by atoms with Crippen LogP contribution in [-0.4, -0.2) is 6.61 Å². The summed E-state index contributed by atoms with van der Waals surface area (Å²) in [6.07, 6.45) is 0. The normalized spacial score (nSPS) is 10.7. The summed E-state index contributed by atoms with van der Waals surface area (Å²) in [5.41, 5.74) is 5.83. The predicted octanol–water partition coefficient (Wildman–Crippen LogP) is 3.64. The molecule has 2 rings (SSSR count). The van der Waals surface area contributed by atoms with Gasteiger partial charge in [0.05, 0.1) is 16.5 Å². The van der Waals surface area contributed by atoms with Crippen LogP contribution in [0.4, 0.5) is 5.00 Å². The molecule has 1 aromatic heterocycles. The highest BCUT2D eigenvalue weighted by atomic mass is 79.9. The molecule has 14 heavy (non-hydrogen) atoms. The van der Waals surface area contributed by atoms with Crippen LogP contribution < -0.4 is 10.5 Å². The molecule has 74 valence electrons. The Morgan fingerprint density at radius 1 is 1.50 bits per heavy atom. The minimum atomic E-state index is 0.668. The molecule has 2 aromatic rings. The number of fused-ring (bicyclic) bond motifs is 1. The van der Waals surface area contributed by atoms with E-state index in [1.54, 1.807) is 11.3 Å². The maximum absolute atomic E-state index is 5.83. The van der Waals surface area contributed by atoms with Gasteiger partial charge in [-0.05, 0) is 35.0 Å². The number of hydrogen-bond donors (Lipinski definition) is 1. The van der Waals surface area contributed by atoms with Crippen molar-refractivity contribution in [2.24, 2.45) is 0 Å². The fourth-order valence-corrected chi connectivity index (χ4v) is 3.04. The van der Waals surface area contributed by atoms with E-state index in [0.717, 1.165) is 25.3 Å². The molecule has 2 nitrogen and oxygen atoms in total. The number of rotatable bonds is 2. The smallest absolute Gasteiger partial charge is 0.129 e. The first kappa shape index (κ1) is 9.80. The molecule has 0 saturated heterocycles. The minimum absolute atomic E-state index is 0.668. The molecule has 0 spiro atoms. The summed E-state index contributed by atoms with van der Waals surface area (Å²) in [5.74, 6) is 0.893. The maximum atomic E-state index is 5.83. The lowest BCUT2D eigenvalue weighted by atomic mass is 10.2. The molecule has 0 radical (unpaired) electrons. The number of ether oxygens (including phenoxy) is 1. The van der Waals surface area contributed by atoms with Crippen molar-refractivity contribution in [3.8, 4) is 5.75 Å². The summed E-state index contributed by atoms with van der Waals surface area (Å²) in [6, 6.07) is 5.99. The van der Waals surface area contributed by atoms with Crippen LogP contribution in [0.5, 0.6) is 5.75 Å². The molecule has 0 amide bonds. The molecular weight excluding hydrogens is 262 g/mol. The van der Waals surface area contributed by atoms with E-state index in [1.165, 1.54) is 0 Å². The fraction of sp³-hybridized carbons (Fsp3) is 0.200. The van der Waals surface area contributed by atoms with Crippen molar-refractivity contribution in [2.45, 2.75) is 6.92 Å². The lowest BCUT2D eigenvalue weighted by Crippen LogP contribution is -1.91. The van der Waals surface area contributed by atoms with Crippen LogP contribution >= 0.6 is 27.3 Å². The van der Waals surface area contributed by atoms with Gasteiger partial charge in [-0.3, -0.25) is 0 Å². The van der Waals surface area contributed by atoms with E-state index in [0.29, 0.717) is 6.61 Å². The lowest BCUT2D eigenvalue weighted by Gasteiger charge is -2.04. The van der Waals surface area contributed by atoms with Crippen LogP contribution in [-0.2, 0) is 0 Å². The van der Waals surface area contributed by atoms with Crippen LogP contribution in [0, 0.1) is 0 Å². The molecule has 0 fully saturated rings. The first-order valence-electron chi connectivity index (χ1n) is 4.33. The van der Waals surface area contributed by atoms with Crippen molar-refractivity contribution in [1.82, 2.24) is 0 Å². The molecule has 0 aliphatic rings. The molecule has 2 N–H and O–H groups in total. The standard InChI is InChI=1S/C10H10BrNOS/c1-2-13-6-4-3-5-7-8(6)9(11)10(12)14-7/h3-5H,2,12H2,1H3. The van der Waals surface area contributed by atoms with Crippen molar-refractivity contribution in [2.75, 3.05) is 12.3 Å². The number of thiophene rings is 1. The SMILES string of the molecule is CCOc1cccc2sc(N)c(Br)c12. The van der Waals surface area contributed by atoms with Gasteiger partial charge in [0.15, 0.2) is 0 Å². The summed E-state index contributed by atoms with van der Waals surface area (Å²) in [5, 5.41) is 1.88. The Kier molecular flexibility index (Phi) is 2.65. The molecule has 0 unspecified atom stereocenters. The third-order valence-corrected chi connectivity index (χ3v) is 4.01. The topological polar surface area (TPSA) is 35.2 Å². The summed E-state index contributed by atoms with van der Waals surface area (Å²) in [6.45, 7) is 2.64. The van der Waals surface area contributed by atoms with E-state index in [4.69, 9.17) is 10.5 Å². The van der Waals surface area contributed by atoms with E-state index in [-0.39, 0.29) is 0 Å². The van der Waals surface area contributed by atoms with E-state index in [9.17, 15) is 0 Å². The monoisotopic (exact) mass is 271 g/mol. The fourth-order valence-electron chi connectivity index (χ4n) is 1.37. The quantitative estimate of drug-likeness (QED) is 0.905. The number of benzene rings is 1. The van der Waals surface area contributed by atoms with Gasteiger partial charge in [0.2, 0.25) is 0 Å². The molecule has 0 aliphatic carbocycles. The zero-order chi connectivity index (χ0) is 10.1. The number of hydrogen-bond acceptors (Lipinski definition) is 3. The second-order valence-electron chi connectivity index (χ2n) is 2.84. The molecule has 0 atom stereocenters. The molecule has 4 heteroatoms. The largest absolute Gasteiger partial charge is 0.493 e. The Morgan fingerprint density at radius 2 is 2.29 bits per heavy atom. The summed E-state index contributed by atoms with van der Waals surface area (Å²) >= 11 is 5.05. The summed E-state index contributed by atoms with van der Waals surface area (Å²) in [7, 11) is 0. The van der Waals surface area contributed by atoms with Crippen molar-refractivity contribution >= 4 is 42.4 Å². The summed E-state index contributed by atoms with van der Waals surface area (Å²) in [4.78, 5) is 0. The van der Waals surface area contributed by atoms with Crippen LogP contribution in [0.25, 0.3) is 10.1 Å². The average molecular weight is 272 g/mol. The van der Waals surface area contributed by atoms with Crippen LogP contribution in [0.2, 0.25) is 0 Å². The Balaban J connectivity index is 2.71. The number of anilines is 1. The van der Waals surface area contributed by atoms with E-state index in [2.05, 4.69) is 15.9 Å². The van der Waals surface area contributed by atoms with Crippen LogP contribution in [0.3, 0.4) is 0 Å². The Hall–Kier alpha value is -0.740. The maximum Gasteiger partial charge on any atom is 0.129 e. The first-order valence-corrected chi connectivity index (χ1v) is 5.94. The van der Waals surface area contributed by atoms with Gasteiger partial charge >= 0.3 is 0 Å². The van der Waals surface area contributed by atoms with Crippen molar-refractivity contribution < 1.29 is 4.74 Å². The van der Waals surface area contributed by atoms with E-state index in [1.807, 2.05) is 25.1 Å². The average Bonchev–Trinajstić information content (AvgIpc) is 2.45. The highest BCUT2D eigenvalue weighted by Gasteiger charge is 2.11. The third-order valence-electron chi connectivity index (χ3n) is 1.94. The minimum Gasteiger partial charge on any atom is -0.493 e. The van der Waals surface area contributed by atoms with Gasteiger partial charge in [-0.25, -0.2) is 0 Å². The van der Waals surface area contributed by atoms with E-state index >= 15 is 0 Å². The van der Waals surface area contributed by atoms with Crippen LogP contribution in [0.15, 0.2) is 22.7 Å². The third kappa shape index (κ3) is 1.48. The number of nitrogens with two attached hydrogens (primary N) is 1. The zero-order valence-electron chi connectivity index (χ0n) is 7.71. The molecule has 1 heterocycles. The van der Waals surface area contributed by atoms with Gasteiger partial charge in [-0.1, -0.05) is 6.07 Å². The van der Waals surface area contributed by atoms with Gasteiger partial charge < -0.3 is 10.5 Å². The second kappa shape index (κ2) is 3.79.